The summed E-state index contributed by atoms with van der Waals surface area (Å²) in [5.74, 6) is 0. The Kier molecular flexibility index (Phi) is 1.11. The third-order valence-corrected chi connectivity index (χ3v) is 1.07. The summed E-state index contributed by atoms with van der Waals surface area (Å²) in [5.41, 5.74) is 0. The molecule has 0 bridgehead atoms. The van der Waals surface area contributed by atoms with Gasteiger partial charge in [-0.2, -0.15) is 0 Å². The molecule has 1 nitrogen and oxygen atoms in total. The number of hydrogen-bond acceptors (Lipinski definition) is 1. The first-order valence-electron chi connectivity index (χ1n) is 1.60. The fourth-order valence-corrected chi connectivity index (χ4v) is 0.593. The Balaban J connectivity index is 3.05. The van der Waals surface area contributed by atoms with Crippen LogP contribution < -0.4 is 4.15 Å². The summed E-state index contributed by atoms with van der Waals surface area (Å²) >= 11 is 1.85. The summed E-state index contributed by atoms with van der Waals surface area (Å²) in [7, 11) is 0. The van der Waals surface area contributed by atoms with Gasteiger partial charge in [-0.3, -0.25) is 0 Å². The van der Waals surface area contributed by atoms with Gasteiger partial charge < -0.3 is 0 Å². The van der Waals surface area contributed by atoms with Gasteiger partial charge in [0.2, 0.25) is 0 Å². The van der Waals surface area contributed by atoms with Gasteiger partial charge in [-0.25, -0.2) is 0 Å². The van der Waals surface area contributed by atoms with Crippen LogP contribution in [0.15, 0.2) is 22.8 Å². The summed E-state index contributed by atoms with van der Waals surface area (Å²) < 4.78 is 5.82. The van der Waals surface area contributed by atoms with Crippen molar-refractivity contribution in [1.29, 1.82) is 0 Å². The van der Waals surface area contributed by atoms with Crippen molar-refractivity contribution in [2.45, 2.75) is 0 Å². The number of hydrogen-bond donors (Lipinski definition) is 0. The second-order valence-corrected chi connectivity index (χ2v) is 1.92. The minimum absolute atomic E-state index is 0.978. The molecule has 6 heavy (non-hydrogen) atoms. The Bertz CT molecular complexity index is 111. The normalized spacial score (nSPS) is 8.67. The Morgan fingerprint density at radius 2 is 2.50 bits per heavy atom. The van der Waals surface area contributed by atoms with Gasteiger partial charge in [0, 0.05) is 0 Å². The van der Waals surface area contributed by atoms with E-state index in [9.17, 15) is 0 Å². The number of rotatable bonds is 0. The van der Waals surface area contributed by atoms with E-state index >= 15 is 0 Å². The third-order valence-electron chi connectivity index (χ3n) is 0.495. The summed E-state index contributed by atoms with van der Waals surface area (Å²) in [6.45, 7) is 0. The zero-order valence-electron chi connectivity index (χ0n) is 3.05. The van der Waals surface area contributed by atoms with Gasteiger partial charge in [0.1, 0.15) is 0 Å². The van der Waals surface area contributed by atoms with Crippen LogP contribution in [-0.2, 0) is 19.8 Å². The topological polar surface area (TPSA) is 13.1 Å². The van der Waals surface area contributed by atoms with Gasteiger partial charge in [-0.1, -0.05) is 0 Å². The Hall–Kier alpha value is -0.0317. The van der Waals surface area contributed by atoms with Crippen LogP contribution in [0, 0.1) is 0 Å². The van der Waals surface area contributed by atoms with Gasteiger partial charge in [0.25, 0.3) is 0 Å². The van der Waals surface area contributed by atoms with Crippen molar-refractivity contribution in [3.8, 4) is 0 Å². The van der Waals surface area contributed by atoms with Crippen LogP contribution in [-0.4, -0.2) is 0 Å². The van der Waals surface area contributed by atoms with Crippen molar-refractivity contribution in [2.24, 2.45) is 0 Å². The van der Waals surface area contributed by atoms with Crippen molar-refractivity contribution in [2.75, 3.05) is 0 Å². The van der Waals surface area contributed by atoms with Gasteiger partial charge in [-0.05, 0) is 0 Å². The molecule has 0 atom stereocenters. The molecule has 0 aliphatic rings. The van der Waals surface area contributed by atoms with Crippen LogP contribution in [0.4, 0.5) is 0 Å². The van der Waals surface area contributed by atoms with E-state index in [2.05, 4.69) is 0 Å². The Morgan fingerprint density at radius 1 is 1.67 bits per heavy atom. The average molecular weight is 163 g/mol. The van der Waals surface area contributed by atoms with E-state index in [1.54, 1.807) is 6.26 Å². The molecular formula is C4H3MoO. The summed E-state index contributed by atoms with van der Waals surface area (Å²) in [6.07, 6.45) is 1.66. The van der Waals surface area contributed by atoms with E-state index in [1.165, 1.54) is 0 Å². The molecule has 1 aromatic heterocycles. The molecule has 0 radical (unpaired) electrons. The first-order chi connectivity index (χ1) is 2.89. The van der Waals surface area contributed by atoms with Crippen molar-refractivity contribution >= 4 is 4.15 Å². The first kappa shape index (κ1) is 4.14. The second kappa shape index (κ2) is 1.61. The predicted molar refractivity (Wildman–Crippen MR) is 18.3 cm³/mol. The van der Waals surface area contributed by atoms with Crippen molar-refractivity contribution in [3.63, 3.8) is 0 Å². The molecule has 1 rings (SSSR count). The van der Waals surface area contributed by atoms with Crippen LogP contribution in [0.2, 0.25) is 0 Å². The van der Waals surface area contributed by atoms with Crippen LogP contribution in [0.25, 0.3) is 0 Å². The Morgan fingerprint density at radius 3 is 2.67 bits per heavy atom. The maximum absolute atomic E-state index is 4.84. The van der Waals surface area contributed by atoms with Crippen molar-refractivity contribution in [3.05, 3.63) is 18.4 Å². The zero-order valence-corrected chi connectivity index (χ0v) is 5.06. The van der Waals surface area contributed by atoms with E-state index in [1.807, 2.05) is 31.9 Å². The van der Waals surface area contributed by atoms with E-state index in [0.717, 1.165) is 4.15 Å². The van der Waals surface area contributed by atoms with E-state index in [-0.39, 0.29) is 0 Å². The summed E-state index contributed by atoms with van der Waals surface area (Å²) in [6, 6.07) is 3.79. The SMILES string of the molecule is [Mo][c]1ccco1. The van der Waals surface area contributed by atoms with E-state index < -0.39 is 0 Å². The fraction of sp³-hybridized carbons (Fsp3) is 0. The van der Waals surface area contributed by atoms with Crippen LogP contribution in [0.5, 0.6) is 0 Å². The molecule has 0 fully saturated rings. The molecular weight excluding hydrogens is 160 g/mol. The van der Waals surface area contributed by atoms with Crippen molar-refractivity contribution in [1.82, 2.24) is 0 Å². The van der Waals surface area contributed by atoms with Crippen LogP contribution in [0.1, 0.15) is 0 Å². The summed E-state index contributed by atoms with van der Waals surface area (Å²) in [5, 5.41) is 0. The fourth-order valence-electron chi connectivity index (χ4n) is 0.263. The third kappa shape index (κ3) is 0.720. The molecule has 0 aromatic carbocycles. The average Bonchev–Trinajstić information content (AvgIpc) is 1.86. The molecule has 2 heteroatoms. The molecule has 0 saturated heterocycles. The first-order valence-corrected chi connectivity index (χ1v) is 2.60. The summed E-state index contributed by atoms with van der Waals surface area (Å²) in [4.78, 5) is 0. The molecule has 1 aromatic rings. The van der Waals surface area contributed by atoms with Gasteiger partial charge >= 0.3 is 46.8 Å². The minimum atomic E-state index is 0.978. The van der Waals surface area contributed by atoms with Crippen molar-refractivity contribution < 1.29 is 24.2 Å². The molecule has 0 spiro atoms. The molecule has 31 valence electrons. The Labute approximate surface area is 47.2 Å². The van der Waals surface area contributed by atoms with Gasteiger partial charge in [0.05, 0.1) is 0 Å². The maximum atomic E-state index is 4.84. The molecule has 0 N–H and O–H groups in total. The predicted octanol–water partition coefficient (Wildman–Crippen LogP) is 0.452. The van der Waals surface area contributed by atoms with Gasteiger partial charge in [0.15, 0.2) is 0 Å². The molecule has 0 amide bonds. The molecule has 0 saturated carbocycles. The van der Waals surface area contributed by atoms with E-state index in [0.29, 0.717) is 0 Å². The monoisotopic (exact) mass is 165 g/mol. The quantitative estimate of drug-likeness (QED) is 0.506. The standard InChI is InChI=1S/C4H3O.Mo/c1-2-4-5-3-1;/h1-3H;. The van der Waals surface area contributed by atoms with Crippen LogP contribution in [0.3, 0.4) is 0 Å². The molecule has 1 heterocycles. The molecule has 0 aliphatic carbocycles. The molecule has 0 unspecified atom stereocenters. The second-order valence-electron chi connectivity index (χ2n) is 0.932. The van der Waals surface area contributed by atoms with Crippen LogP contribution >= 0.6 is 0 Å². The van der Waals surface area contributed by atoms with E-state index in [4.69, 9.17) is 4.42 Å². The zero-order chi connectivity index (χ0) is 4.41. The molecule has 0 aliphatic heterocycles. The number of furan rings is 1. The van der Waals surface area contributed by atoms with Gasteiger partial charge in [-0.15, -0.1) is 0 Å².